The maximum Gasteiger partial charge on any atom is 0.261 e. The topological polar surface area (TPSA) is 124 Å². The highest BCUT2D eigenvalue weighted by Crippen LogP contribution is 2.15. The summed E-state index contributed by atoms with van der Waals surface area (Å²) in [5.41, 5.74) is 0.515. The van der Waals surface area contributed by atoms with Gasteiger partial charge in [0.05, 0.1) is 17.5 Å². The van der Waals surface area contributed by atoms with Crippen molar-refractivity contribution in [2.75, 3.05) is 18.4 Å². The average molecular weight is 349 g/mol. The van der Waals surface area contributed by atoms with Crippen LogP contribution in [0.5, 0.6) is 0 Å². The minimum Gasteiger partial charge on any atom is -0.463 e. The molecule has 0 fully saturated rings. The number of nitrogens with one attached hydrogen (secondary N) is 3. The summed E-state index contributed by atoms with van der Waals surface area (Å²) in [5.74, 6) is 0.652. The van der Waals surface area contributed by atoms with Crippen molar-refractivity contribution in [3.8, 4) is 17.5 Å². The first-order valence-corrected chi connectivity index (χ1v) is 7.83. The highest BCUT2D eigenvalue weighted by molar-refractivity contribution is 5.94. The maximum atomic E-state index is 12.1. The van der Waals surface area contributed by atoms with Crippen molar-refractivity contribution in [1.82, 2.24) is 15.3 Å². The monoisotopic (exact) mass is 349 g/mol. The van der Waals surface area contributed by atoms with E-state index in [1.165, 1.54) is 18.5 Å². The van der Waals surface area contributed by atoms with Crippen molar-refractivity contribution < 1.29 is 9.21 Å². The number of hydrogen-bond donors (Lipinski definition) is 3. The average Bonchev–Trinajstić information content (AvgIpc) is 3.20. The van der Waals surface area contributed by atoms with Crippen LogP contribution in [0, 0.1) is 11.3 Å². The molecule has 130 valence electrons. The number of nitrogens with zero attached hydrogens (tertiary/aromatic N) is 2. The number of carbonyl (C=O) groups excluding carboxylic acids is 1. The predicted octanol–water partition coefficient (Wildman–Crippen LogP) is 1.74. The minimum absolute atomic E-state index is 0.0248. The van der Waals surface area contributed by atoms with E-state index in [1.807, 2.05) is 6.07 Å². The zero-order valence-electron chi connectivity index (χ0n) is 13.7. The van der Waals surface area contributed by atoms with Crippen molar-refractivity contribution in [3.63, 3.8) is 0 Å². The number of furan rings is 1. The fourth-order valence-corrected chi connectivity index (χ4v) is 2.25. The van der Waals surface area contributed by atoms with E-state index >= 15 is 0 Å². The second-order valence-corrected chi connectivity index (χ2v) is 5.32. The summed E-state index contributed by atoms with van der Waals surface area (Å²) in [6, 6.07) is 11.8. The van der Waals surface area contributed by atoms with Gasteiger partial charge in [-0.05, 0) is 36.4 Å². The summed E-state index contributed by atoms with van der Waals surface area (Å²) in [6.07, 6.45) is 2.96. The largest absolute Gasteiger partial charge is 0.463 e. The summed E-state index contributed by atoms with van der Waals surface area (Å²) in [7, 11) is 0. The molecule has 0 atom stereocenters. The number of aromatic nitrogens is 2. The van der Waals surface area contributed by atoms with Gasteiger partial charge < -0.3 is 20.0 Å². The molecule has 0 spiro atoms. The molecule has 0 unspecified atom stereocenters. The SMILES string of the molecule is N#Cc1ccc(NCCNC(=O)c2ccc(-c3ccco3)[nH]c2=O)nc1. The Morgan fingerprint density at radius 3 is 2.77 bits per heavy atom. The number of carbonyl (C=O) groups is 1. The van der Waals surface area contributed by atoms with Crippen LogP contribution in [0.1, 0.15) is 15.9 Å². The van der Waals surface area contributed by atoms with Gasteiger partial charge in [0.1, 0.15) is 23.2 Å². The number of anilines is 1. The van der Waals surface area contributed by atoms with E-state index in [1.54, 1.807) is 30.3 Å². The molecule has 8 heteroatoms. The number of hydrogen-bond acceptors (Lipinski definition) is 6. The lowest BCUT2D eigenvalue weighted by Crippen LogP contribution is -2.33. The van der Waals surface area contributed by atoms with Gasteiger partial charge in [-0.15, -0.1) is 0 Å². The standard InChI is InChI=1S/C18H15N5O3/c19-10-12-3-6-16(22-11-12)20-7-8-21-17(24)13-4-5-14(23-18(13)25)15-2-1-9-26-15/h1-6,9,11H,7-8H2,(H,20,22)(H,21,24)(H,23,25). The van der Waals surface area contributed by atoms with Crippen LogP contribution in [0.3, 0.4) is 0 Å². The molecule has 8 nitrogen and oxygen atoms in total. The van der Waals surface area contributed by atoms with Gasteiger partial charge in [-0.1, -0.05) is 0 Å². The van der Waals surface area contributed by atoms with Crippen molar-refractivity contribution in [1.29, 1.82) is 5.26 Å². The third kappa shape index (κ3) is 3.96. The van der Waals surface area contributed by atoms with E-state index < -0.39 is 11.5 Å². The first kappa shape index (κ1) is 17.0. The number of amides is 1. The Bertz CT molecular complexity index is 985. The summed E-state index contributed by atoms with van der Waals surface area (Å²) in [6.45, 7) is 0.729. The first-order chi connectivity index (χ1) is 12.7. The third-order valence-corrected chi connectivity index (χ3v) is 3.55. The molecule has 0 saturated heterocycles. The van der Waals surface area contributed by atoms with Gasteiger partial charge in [0, 0.05) is 19.3 Å². The first-order valence-electron chi connectivity index (χ1n) is 7.83. The van der Waals surface area contributed by atoms with E-state index in [4.69, 9.17) is 9.68 Å². The van der Waals surface area contributed by atoms with Crippen LogP contribution >= 0.6 is 0 Å². The molecule has 3 rings (SSSR count). The van der Waals surface area contributed by atoms with E-state index in [0.717, 1.165) is 0 Å². The molecule has 0 radical (unpaired) electrons. The van der Waals surface area contributed by atoms with Gasteiger partial charge in [-0.25, -0.2) is 4.98 Å². The van der Waals surface area contributed by atoms with Crippen LogP contribution in [0.25, 0.3) is 11.5 Å². The van der Waals surface area contributed by atoms with Crippen LogP contribution in [0.4, 0.5) is 5.82 Å². The second kappa shape index (κ2) is 7.81. The molecule has 0 aromatic carbocycles. The van der Waals surface area contributed by atoms with E-state index in [0.29, 0.717) is 35.9 Å². The van der Waals surface area contributed by atoms with E-state index in [2.05, 4.69) is 20.6 Å². The normalized spacial score (nSPS) is 10.1. The Morgan fingerprint density at radius 1 is 1.23 bits per heavy atom. The highest BCUT2D eigenvalue weighted by atomic mass is 16.3. The maximum absolute atomic E-state index is 12.1. The van der Waals surface area contributed by atoms with Gasteiger partial charge in [0.2, 0.25) is 0 Å². The smallest absolute Gasteiger partial charge is 0.261 e. The fraction of sp³-hybridized carbons (Fsp3) is 0.111. The molecule has 3 aromatic rings. The Kier molecular flexibility index (Phi) is 5.10. The van der Waals surface area contributed by atoms with Crippen LogP contribution in [-0.2, 0) is 0 Å². The quantitative estimate of drug-likeness (QED) is 0.582. The molecular weight excluding hydrogens is 334 g/mol. The van der Waals surface area contributed by atoms with Crippen molar-refractivity contribution >= 4 is 11.7 Å². The molecule has 1 amide bonds. The van der Waals surface area contributed by atoms with E-state index in [-0.39, 0.29) is 5.56 Å². The van der Waals surface area contributed by atoms with Crippen molar-refractivity contribution in [2.45, 2.75) is 0 Å². The second-order valence-electron chi connectivity index (χ2n) is 5.32. The third-order valence-electron chi connectivity index (χ3n) is 3.55. The lowest BCUT2D eigenvalue weighted by atomic mass is 10.2. The Labute approximate surface area is 148 Å². The molecule has 3 aromatic heterocycles. The molecule has 26 heavy (non-hydrogen) atoms. The predicted molar refractivity (Wildman–Crippen MR) is 94.5 cm³/mol. The van der Waals surface area contributed by atoms with Crippen LogP contribution in [0.15, 0.2) is 58.1 Å². The summed E-state index contributed by atoms with van der Waals surface area (Å²) < 4.78 is 5.21. The molecule has 3 heterocycles. The molecule has 0 aliphatic heterocycles. The number of pyridine rings is 2. The summed E-state index contributed by atoms with van der Waals surface area (Å²) in [5, 5.41) is 14.4. The summed E-state index contributed by atoms with van der Waals surface area (Å²) in [4.78, 5) is 30.9. The Morgan fingerprint density at radius 2 is 2.12 bits per heavy atom. The Balaban J connectivity index is 1.53. The Hall–Kier alpha value is -3.86. The lowest BCUT2D eigenvalue weighted by molar-refractivity contribution is 0.0953. The molecular formula is C18H15N5O3. The van der Waals surface area contributed by atoms with Crippen LogP contribution < -0.4 is 16.2 Å². The number of nitriles is 1. The number of aromatic amines is 1. The fourth-order valence-electron chi connectivity index (χ4n) is 2.25. The number of H-pyrrole nitrogens is 1. The molecule has 0 saturated carbocycles. The van der Waals surface area contributed by atoms with Gasteiger partial charge in [0.25, 0.3) is 11.5 Å². The molecule has 3 N–H and O–H groups in total. The lowest BCUT2D eigenvalue weighted by Gasteiger charge is -2.07. The van der Waals surface area contributed by atoms with Crippen LogP contribution in [0.2, 0.25) is 0 Å². The zero-order valence-corrected chi connectivity index (χ0v) is 13.7. The molecule has 0 aliphatic rings. The molecule has 0 aliphatic carbocycles. The summed E-state index contributed by atoms with van der Waals surface area (Å²) >= 11 is 0. The van der Waals surface area contributed by atoms with Gasteiger partial charge in [0.15, 0.2) is 0 Å². The van der Waals surface area contributed by atoms with E-state index in [9.17, 15) is 9.59 Å². The highest BCUT2D eigenvalue weighted by Gasteiger charge is 2.11. The van der Waals surface area contributed by atoms with Crippen LogP contribution in [-0.4, -0.2) is 29.0 Å². The van der Waals surface area contributed by atoms with Crippen molar-refractivity contribution in [2.24, 2.45) is 0 Å². The van der Waals surface area contributed by atoms with Gasteiger partial charge in [-0.3, -0.25) is 9.59 Å². The molecule has 0 bridgehead atoms. The van der Waals surface area contributed by atoms with Gasteiger partial charge in [-0.2, -0.15) is 5.26 Å². The van der Waals surface area contributed by atoms with Gasteiger partial charge >= 0.3 is 0 Å². The zero-order chi connectivity index (χ0) is 18.4. The van der Waals surface area contributed by atoms with Crippen molar-refractivity contribution in [3.05, 3.63) is 70.3 Å². The number of rotatable bonds is 6. The minimum atomic E-state index is -0.488.